The Labute approximate surface area is 187 Å². The van der Waals surface area contributed by atoms with Crippen LogP contribution in [-0.2, 0) is 31.2 Å². The monoisotopic (exact) mass is 486 g/mol. The Hall–Kier alpha value is -2.14. The van der Waals surface area contributed by atoms with Crippen LogP contribution in [0, 0.1) is 0 Å². The van der Waals surface area contributed by atoms with Gasteiger partial charge in [-0.15, -0.1) is 0 Å². The minimum Gasteiger partial charge on any atom is -0.465 e. The van der Waals surface area contributed by atoms with Gasteiger partial charge in [0.25, 0.3) is 10.0 Å². The van der Waals surface area contributed by atoms with Crippen molar-refractivity contribution in [1.82, 2.24) is 4.31 Å². The maximum Gasteiger partial charge on any atom is 0.337 e. The van der Waals surface area contributed by atoms with Crippen molar-refractivity contribution in [3.8, 4) is 0 Å². The molecule has 168 valence electrons. The van der Waals surface area contributed by atoms with Gasteiger partial charge in [0.2, 0.25) is 10.0 Å². The lowest BCUT2D eigenvalue weighted by Crippen LogP contribution is -2.31. The minimum atomic E-state index is -4.09. The molecule has 0 atom stereocenters. The fourth-order valence-electron chi connectivity index (χ4n) is 3.54. The van der Waals surface area contributed by atoms with Gasteiger partial charge >= 0.3 is 5.97 Å². The summed E-state index contributed by atoms with van der Waals surface area (Å²) < 4.78 is 59.4. The number of carbonyl (C=O) groups excluding carboxylic acids is 1. The number of anilines is 1. The van der Waals surface area contributed by atoms with Gasteiger partial charge in [0.1, 0.15) is 4.90 Å². The van der Waals surface area contributed by atoms with Crippen LogP contribution in [0.1, 0.15) is 29.8 Å². The summed E-state index contributed by atoms with van der Waals surface area (Å²) in [5, 5.41) is -0.0261. The zero-order valence-electron chi connectivity index (χ0n) is 17.3. The van der Waals surface area contributed by atoms with Crippen molar-refractivity contribution in [1.29, 1.82) is 0 Å². The van der Waals surface area contributed by atoms with Crippen molar-refractivity contribution in [3.63, 3.8) is 0 Å². The van der Waals surface area contributed by atoms with Crippen LogP contribution in [0.15, 0.2) is 46.2 Å². The fourth-order valence-corrected chi connectivity index (χ4v) is 7.05. The molecule has 1 heterocycles. The first kappa shape index (κ1) is 23.5. The highest BCUT2D eigenvalue weighted by Crippen LogP contribution is 2.37. The average Bonchev–Trinajstić information content (AvgIpc) is 3.18. The number of carbonyl (C=O) groups is 1. The van der Waals surface area contributed by atoms with Gasteiger partial charge in [-0.25, -0.2) is 21.6 Å². The summed E-state index contributed by atoms with van der Waals surface area (Å²) in [5.74, 6) is -0.679. The van der Waals surface area contributed by atoms with E-state index in [0.717, 1.165) is 0 Å². The second-order valence-corrected chi connectivity index (χ2v) is 11.0. The van der Waals surface area contributed by atoms with Gasteiger partial charge in [-0.3, -0.25) is 4.31 Å². The van der Waals surface area contributed by atoms with Crippen molar-refractivity contribution in [3.05, 3.63) is 52.5 Å². The van der Waals surface area contributed by atoms with E-state index < -0.39 is 26.0 Å². The van der Waals surface area contributed by atoms with Crippen LogP contribution in [0.5, 0.6) is 0 Å². The number of benzene rings is 2. The Morgan fingerprint density at radius 3 is 2.39 bits per heavy atom. The van der Waals surface area contributed by atoms with Gasteiger partial charge < -0.3 is 4.74 Å². The Balaban J connectivity index is 2.03. The van der Waals surface area contributed by atoms with Gasteiger partial charge in [-0.2, -0.15) is 4.31 Å². The molecule has 11 heteroatoms. The van der Waals surface area contributed by atoms with Crippen molar-refractivity contribution in [2.24, 2.45) is 0 Å². The van der Waals surface area contributed by atoms with E-state index in [1.807, 2.05) is 0 Å². The Morgan fingerprint density at radius 2 is 1.77 bits per heavy atom. The molecule has 8 nitrogen and oxygen atoms in total. The minimum absolute atomic E-state index is 0.0261. The summed E-state index contributed by atoms with van der Waals surface area (Å²) in [6.45, 7) is 4.33. The predicted octanol–water partition coefficient (Wildman–Crippen LogP) is 2.91. The maximum atomic E-state index is 13.3. The number of nitrogens with zero attached hydrogens (tertiary/aromatic N) is 2. The molecular formula is C20H23ClN2O6S2. The van der Waals surface area contributed by atoms with Crippen LogP contribution >= 0.6 is 11.6 Å². The van der Waals surface area contributed by atoms with Gasteiger partial charge in [-0.05, 0) is 48.4 Å². The van der Waals surface area contributed by atoms with Crippen molar-refractivity contribution in [2.75, 3.05) is 31.0 Å². The SMILES string of the molecule is CCN(CC)S(=O)(=O)c1ccc2c(c1)CCN2S(=O)(=O)c1cc(C(=O)OC)ccc1Cl. The molecule has 0 saturated carbocycles. The molecule has 3 rings (SSSR count). The first-order valence-corrected chi connectivity index (χ1v) is 12.9. The van der Waals surface area contributed by atoms with Crippen molar-refractivity contribution < 1.29 is 26.4 Å². The summed E-state index contributed by atoms with van der Waals surface area (Å²) in [6, 6.07) is 8.32. The molecule has 2 aromatic rings. The first-order valence-electron chi connectivity index (χ1n) is 9.61. The number of hydrogen-bond donors (Lipinski definition) is 0. The molecule has 1 aliphatic heterocycles. The summed E-state index contributed by atoms with van der Waals surface area (Å²) >= 11 is 6.14. The third kappa shape index (κ3) is 4.17. The lowest BCUT2D eigenvalue weighted by molar-refractivity contribution is 0.0600. The molecule has 0 spiro atoms. The van der Waals surface area contributed by atoms with E-state index in [9.17, 15) is 21.6 Å². The second-order valence-electron chi connectivity index (χ2n) is 6.84. The summed E-state index contributed by atoms with van der Waals surface area (Å²) in [6.07, 6.45) is 0.352. The number of methoxy groups -OCH3 is 1. The number of ether oxygens (including phenoxy) is 1. The average molecular weight is 487 g/mol. The van der Waals surface area contributed by atoms with E-state index in [1.165, 1.54) is 52.1 Å². The van der Waals surface area contributed by atoms with Crippen molar-refractivity contribution in [2.45, 2.75) is 30.1 Å². The highest BCUT2D eigenvalue weighted by molar-refractivity contribution is 7.93. The zero-order valence-corrected chi connectivity index (χ0v) is 19.7. The molecule has 0 fully saturated rings. The molecule has 0 aromatic heterocycles. The predicted molar refractivity (Wildman–Crippen MR) is 118 cm³/mol. The lowest BCUT2D eigenvalue weighted by Gasteiger charge is -2.22. The Bertz CT molecular complexity index is 1220. The van der Waals surface area contributed by atoms with E-state index in [-0.39, 0.29) is 26.9 Å². The van der Waals surface area contributed by atoms with Crippen LogP contribution in [0.25, 0.3) is 0 Å². The third-order valence-electron chi connectivity index (χ3n) is 5.17. The van der Waals surface area contributed by atoms with Crippen LogP contribution in [0.2, 0.25) is 5.02 Å². The number of fused-ring (bicyclic) bond motifs is 1. The molecule has 0 amide bonds. The third-order valence-corrected chi connectivity index (χ3v) is 9.51. The number of rotatable bonds is 7. The summed E-state index contributed by atoms with van der Waals surface area (Å²) in [7, 11) is -6.55. The summed E-state index contributed by atoms with van der Waals surface area (Å²) in [4.78, 5) is 11.7. The number of esters is 1. The Morgan fingerprint density at radius 1 is 1.10 bits per heavy atom. The number of halogens is 1. The lowest BCUT2D eigenvalue weighted by atomic mass is 10.2. The maximum absolute atomic E-state index is 13.3. The Kier molecular flexibility index (Phi) is 6.66. The van der Waals surface area contributed by atoms with E-state index in [0.29, 0.717) is 30.8 Å². The molecule has 0 N–H and O–H groups in total. The molecule has 0 bridgehead atoms. The number of sulfonamides is 2. The molecule has 31 heavy (non-hydrogen) atoms. The number of hydrogen-bond acceptors (Lipinski definition) is 6. The normalized spacial score (nSPS) is 14.0. The smallest absolute Gasteiger partial charge is 0.337 e. The van der Waals surface area contributed by atoms with Gasteiger partial charge in [0.05, 0.1) is 28.3 Å². The standard InChI is InChI=1S/C20H23ClN2O6S2/c1-4-22(5-2)30(25,26)16-7-9-18-14(12-16)10-11-23(18)31(27,28)19-13-15(20(24)29-3)6-8-17(19)21/h6-9,12-13H,4-5,10-11H2,1-3H3. The first-order chi connectivity index (χ1) is 14.6. The molecule has 0 unspecified atom stereocenters. The zero-order chi connectivity index (χ0) is 23.0. The van der Waals surface area contributed by atoms with Crippen LogP contribution < -0.4 is 4.31 Å². The second kappa shape index (κ2) is 8.78. The van der Waals surface area contributed by atoms with E-state index in [1.54, 1.807) is 13.8 Å². The molecule has 0 radical (unpaired) electrons. The van der Waals surface area contributed by atoms with E-state index >= 15 is 0 Å². The highest BCUT2D eigenvalue weighted by Gasteiger charge is 2.34. The van der Waals surface area contributed by atoms with E-state index in [4.69, 9.17) is 11.6 Å². The summed E-state index contributed by atoms with van der Waals surface area (Å²) in [5.41, 5.74) is 1.06. The molecule has 2 aromatic carbocycles. The largest absolute Gasteiger partial charge is 0.465 e. The van der Waals surface area contributed by atoms with Crippen LogP contribution in [0.4, 0.5) is 5.69 Å². The topological polar surface area (TPSA) is 101 Å². The quantitative estimate of drug-likeness (QED) is 0.558. The van der Waals surface area contributed by atoms with Crippen LogP contribution in [0.3, 0.4) is 0 Å². The fraction of sp³-hybridized carbons (Fsp3) is 0.350. The van der Waals surface area contributed by atoms with Gasteiger partial charge in [0.15, 0.2) is 0 Å². The van der Waals surface area contributed by atoms with Crippen molar-refractivity contribution >= 4 is 43.3 Å². The van der Waals surface area contributed by atoms with Gasteiger partial charge in [-0.1, -0.05) is 25.4 Å². The molecule has 1 aliphatic rings. The molecule has 0 saturated heterocycles. The highest BCUT2D eigenvalue weighted by atomic mass is 35.5. The van der Waals surface area contributed by atoms with Crippen LogP contribution in [-0.4, -0.2) is 53.9 Å². The molecule has 0 aliphatic carbocycles. The van der Waals surface area contributed by atoms with Gasteiger partial charge in [0, 0.05) is 19.6 Å². The van der Waals surface area contributed by atoms with E-state index in [2.05, 4.69) is 4.74 Å². The molecular weight excluding hydrogens is 464 g/mol.